The third kappa shape index (κ3) is 7.41. The molecule has 1 aromatic carbocycles. The molecular formula is C23H32O8. The van der Waals surface area contributed by atoms with Gasteiger partial charge >= 0.3 is 11.9 Å². The van der Waals surface area contributed by atoms with Gasteiger partial charge in [-0.3, -0.25) is 0 Å². The maximum Gasteiger partial charge on any atom is 0.339 e. The number of esters is 2. The molecule has 0 spiro atoms. The number of hydrogen-bond acceptors (Lipinski definition) is 8. The third-order valence-electron chi connectivity index (χ3n) is 4.50. The molecule has 0 aliphatic heterocycles. The summed E-state index contributed by atoms with van der Waals surface area (Å²) in [5.41, 5.74) is 0.693. The number of ether oxygens (including phenoxy) is 4. The topological polar surface area (TPSA) is 112 Å². The first-order valence-electron chi connectivity index (χ1n) is 10.2. The predicted molar refractivity (Wildman–Crippen MR) is 114 cm³/mol. The largest absolute Gasteiger partial charge is 0.515 e. The standard InChI is InChI=1S/C23H32O8/c1-6-19(28-21(26)16(4)14-24)30-23(8-3,18-12-10-9-11-13-18)31-20(7-2)29-22(27)17(5)15-25/h9-15,19-20,24-25H,6-8H2,1-5H3. The van der Waals surface area contributed by atoms with Crippen molar-refractivity contribution >= 4 is 11.9 Å². The molecule has 0 aliphatic rings. The molecule has 0 heterocycles. The second-order valence-electron chi connectivity index (χ2n) is 6.82. The predicted octanol–water partition coefficient (Wildman–Crippen LogP) is 4.76. The van der Waals surface area contributed by atoms with Crippen molar-refractivity contribution in [1.82, 2.24) is 0 Å². The zero-order chi connectivity index (χ0) is 23.4. The van der Waals surface area contributed by atoms with E-state index in [1.165, 1.54) is 13.8 Å². The summed E-state index contributed by atoms with van der Waals surface area (Å²) < 4.78 is 23.0. The summed E-state index contributed by atoms with van der Waals surface area (Å²) in [5, 5.41) is 18.1. The van der Waals surface area contributed by atoms with Crippen LogP contribution in [0.3, 0.4) is 0 Å². The van der Waals surface area contributed by atoms with Crippen LogP contribution < -0.4 is 0 Å². The average Bonchev–Trinajstić information content (AvgIpc) is 2.81. The van der Waals surface area contributed by atoms with Crippen LogP contribution in [-0.4, -0.2) is 34.7 Å². The molecule has 8 heteroatoms. The van der Waals surface area contributed by atoms with Gasteiger partial charge in [0.1, 0.15) is 0 Å². The summed E-state index contributed by atoms with van der Waals surface area (Å²) in [6.45, 7) is 8.20. The van der Waals surface area contributed by atoms with Crippen molar-refractivity contribution in [3.63, 3.8) is 0 Å². The van der Waals surface area contributed by atoms with Gasteiger partial charge in [0.15, 0.2) is 0 Å². The molecule has 0 saturated heterocycles. The average molecular weight is 437 g/mol. The van der Waals surface area contributed by atoms with Crippen molar-refractivity contribution in [3.8, 4) is 0 Å². The van der Waals surface area contributed by atoms with Crippen LogP contribution >= 0.6 is 0 Å². The zero-order valence-electron chi connectivity index (χ0n) is 18.7. The monoisotopic (exact) mass is 436 g/mol. The van der Waals surface area contributed by atoms with Crippen molar-refractivity contribution < 1.29 is 38.7 Å². The van der Waals surface area contributed by atoms with Crippen LogP contribution in [0.25, 0.3) is 0 Å². The molecule has 2 atom stereocenters. The van der Waals surface area contributed by atoms with Gasteiger partial charge in [0, 0.05) is 24.8 Å². The molecule has 172 valence electrons. The lowest BCUT2D eigenvalue weighted by molar-refractivity contribution is -0.352. The highest BCUT2D eigenvalue weighted by atomic mass is 16.8. The summed E-state index contributed by atoms with van der Waals surface area (Å²) in [5.74, 6) is -2.85. The van der Waals surface area contributed by atoms with Gasteiger partial charge in [-0.25, -0.2) is 9.59 Å². The van der Waals surface area contributed by atoms with E-state index in [0.29, 0.717) is 37.4 Å². The highest BCUT2D eigenvalue weighted by Gasteiger charge is 2.39. The molecular weight excluding hydrogens is 404 g/mol. The van der Waals surface area contributed by atoms with Gasteiger partial charge in [-0.15, -0.1) is 0 Å². The minimum Gasteiger partial charge on any atom is -0.515 e. The fourth-order valence-electron chi connectivity index (χ4n) is 2.56. The Kier molecular flexibility index (Phi) is 10.8. The third-order valence-corrected chi connectivity index (χ3v) is 4.50. The molecule has 2 unspecified atom stereocenters. The van der Waals surface area contributed by atoms with Gasteiger partial charge in [0.25, 0.3) is 0 Å². The van der Waals surface area contributed by atoms with Crippen LogP contribution in [0.4, 0.5) is 0 Å². The SMILES string of the molecule is CCC(OC(=O)C(C)=CO)OC(CC)(OC(CC)OC(=O)C(C)=CO)c1ccccc1. The van der Waals surface area contributed by atoms with Crippen LogP contribution in [0.15, 0.2) is 54.0 Å². The summed E-state index contributed by atoms with van der Waals surface area (Å²) in [6.07, 6.45) is 0.280. The van der Waals surface area contributed by atoms with Gasteiger partial charge in [-0.2, -0.15) is 0 Å². The molecule has 0 saturated carbocycles. The summed E-state index contributed by atoms with van der Waals surface area (Å²) >= 11 is 0. The van der Waals surface area contributed by atoms with Gasteiger partial charge in [-0.1, -0.05) is 51.1 Å². The Labute approximate surface area is 183 Å². The second kappa shape index (κ2) is 12.8. The smallest absolute Gasteiger partial charge is 0.339 e. The highest BCUT2D eigenvalue weighted by Crippen LogP contribution is 2.35. The number of aliphatic hydroxyl groups excluding tert-OH is 2. The molecule has 8 nitrogen and oxygen atoms in total. The van der Waals surface area contributed by atoms with Crippen molar-refractivity contribution in [2.24, 2.45) is 0 Å². The number of benzene rings is 1. The Morgan fingerprint density at radius 1 is 0.871 bits per heavy atom. The number of rotatable bonds is 12. The van der Waals surface area contributed by atoms with E-state index in [0.717, 1.165) is 0 Å². The highest BCUT2D eigenvalue weighted by molar-refractivity contribution is 5.87. The lowest BCUT2D eigenvalue weighted by Crippen LogP contribution is -2.42. The molecule has 0 bridgehead atoms. The minimum absolute atomic E-state index is 0.0245. The fraction of sp³-hybridized carbons (Fsp3) is 0.478. The van der Waals surface area contributed by atoms with Crippen LogP contribution in [0.5, 0.6) is 0 Å². The molecule has 0 aliphatic carbocycles. The summed E-state index contributed by atoms with van der Waals surface area (Å²) in [7, 11) is 0. The fourth-order valence-corrected chi connectivity index (χ4v) is 2.56. The van der Waals surface area contributed by atoms with Crippen LogP contribution in [-0.2, 0) is 34.3 Å². The second-order valence-corrected chi connectivity index (χ2v) is 6.82. The molecule has 1 rings (SSSR count). The summed E-state index contributed by atoms with van der Waals surface area (Å²) in [6, 6.07) is 9.05. The Bertz CT molecular complexity index is 727. The van der Waals surface area contributed by atoms with Gasteiger partial charge in [0.05, 0.1) is 23.7 Å². The van der Waals surface area contributed by atoms with Crippen molar-refractivity contribution in [2.75, 3.05) is 0 Å². The van der Waals surface area contributed by atoms with Crippen LogP contribution in [0.2, 0.25) is 0 Å². The summed E-state index contributed by atoms with van der Waals surface area (Å²) in [4.78, 5) is 24.2. The Hall–Kier alpha value is -2.84. The zero-order valence-corrected chi connectivity index (χ0v) is 18.7. The molecule has 2 N–H and O–H groups in total. The maximum atomic E-state index is 12.1. The molecule has 31 heavy (non-hydrogen) atoms. The van der Waals surface area contributed by atoms with E-state index < -0.39 is 30.3 Å². The van der Waals surface area contributed by atoms with Gasteiger partial charge in [-0.05, 0) is 13.8 Å². The number of aliphatic hydroxyl groups is 2. The van der Waals surface area contributed by atoms with Gasteiger partial charge < -0.3 is 29.2 Å². The number of hydrogen-bond donors (Lipinski definition) is 2. The molecule has 1 aromatic rings. The van der Waals surface area contributed by atoms with Crippen molar-refractivity contribution in [1.29, 1.82) is 0 Å². The normalized spacial score (nSPS) is 16.2. The molecule has 0 amide bonds. The van der Waals surface area contributed by atoms with E-state index >= 15 is 0 Å². The maximum absolute atomic E-state index is 12.1. The van der Waals surface area contributed by atoms with E-state index in [9.17, 15) is 9.59 Å². The Morgan fingerprint density at radius 3 is 1.61 bits per heavy atom. The van der Waals surface area contributed by atoms with Crippen molar-refractivity contribution in [3.05, 3.63) is 59.6 Å². The first-order chi connectivity index (χ1) is 14.8. The molecule has 0 radical (unpaired) electrons. The quantitative estimate of drug-likeness (QED) is 0.209. The van der Waals surface area contributed by atoms with Gasteiger partial charge in [0.2, 0.25) is 18.4 Å². The van der Waals surface area contributed by atoms with E-state index in [-0.39, 0.29) is 11.1 Å². The molecule has 0 aromatic heterocycles. The number of carbonyl (C=O) groups excluding carboxylic acids is 2. The van der Waals surface area contributed by atoms with E-state index in [1.54, 1.807) is 26.0 Å². The Balaban J connectivity index is 3.25. The lowest BCUT2D eigenvalue weighted by atomic mass is 10.0. The first kappa shape index (κ1) is 26.2. The molecule has 0 fully saturated rings. The van der Waals surface area contributed by atoms with E-state index in [2.05, 4.69) is 0 Å². The van der Waals surface area contributed by atoms with E-state index in [4.69, 9.17) is 29.2 Å². The van der Waals surface area contributed by atoms with Crippen LogP contribution in [0, 0.1) is 0 Å². The number of carbonyl (C=O) groups is 2. The minimum atomic E-state index is -1.39. The Morgan fingerprint density at radius 2 is 1.29 bits per heavy atom. The first-order valence-corrected chi connectivity index (χ1v) is 10.2. The lowest BCUT2D eigenvalue weighted by Gasteiger charge is -2.38. The van der Waals surface area contributed by atoms with E-state index in [1.807, 2.05) is 25.1 Å². The van der Waals surface area contributed by atoms with Crippen LogP contribution in [0.1, 0.15) is 59.4 Å². The van der Waals surface area contributed by atoms with Crippen molar-refractivity contribution in [2.45, 2.75) is 72.2 Å².